The number of hydrogen-bond acceptors (Lipinski definition) is 4. The van der Waals surface area contributed by atoms with Crippen molar-refractivity contribution in [3.8, 4) is 0 Å². The standard InChI is InChI=1S/C13H15N3S/c1-15-6-7-16(9-11-8-14-10-17-11)13-5-3-2-4-12(13)15/h2-5,8,10H,6-7,9H2,1H3. The van der Waals surface area contributed by atoms with Crippen molar-refractivity contribution in [2.45, 2.75) is 6.54 Å². The predicted molar refractivity (Wildman–Crippen MR) is 72.9 cm³/mol. The third-order valence-electron chi connectivity index (χ3n) is 3.17. The van der Waals surface area contributed by atoms with Gasteiger partial charge in [0.2, 0.25) is 0 Å². The van der Waals surface area contributed by atoms with Crippen LogP contribution in [0.5, 0.6) is 0 Å². The molecule has 2 heterocycles. The van der Waals surface area contributed by atoms with Crippen LogP contribution < -0.4 is 9.80 Å². The minimum absolute atomic E-state index is 0.968. The van der Waals surface area contributed by atoms with Crippen molar-refractivity contribution >= 4 is 22.7 Å². The molecule has 0 amide bonds. The topological polar surface area (TPSA) is 19.4 Å². The minimum atomic E-state index is 0.968. The Morgan fingerprint density at radius 1 is 1.24 bits per heavy atom. The van der Waals surface area contributed by atoms with Gasteiger partial charge in [0.05, 0.1) is 23.4 Å². The summed E-state index contributed by atoms with van der Waals surface area (Å²) >= 11 is 1.73. The average Bonchev–Trinajstić information content (AvgIpc) is 2.86. The highest BCUT2D eigenvalue weighted by Gasteiger charge is 2.19. The fraction of sp³-hybridized carbons (Fsp3) is 0.308. The lowest BCUT2D eigenvalue weighted by Crippen LogP contribution is -2.38. The third kappa shape index (κ3) is 2.00. The smallest absolute Gasteiger partial charge is 0.0794 e. The number of benzene rings is 1. The molecule has 0 radical (unpaired) electrons. The van der Waals surface area contributed by atoms with E-state index in [1.165, 1.54) is 16.3 Å². The van der Waals surface area contributed by atoms with Crippen molar-refractivity contribution in [1.82, 2.24) is 4.98 Å². The minimum Gasteiger partial charge on any atom is -0.371 e. The molecule has 0 unspecified atom stereocenters. The van der Waals surface area contributed by atoms with E-state index >= 15 is 0 Å². The number of rotatable bonds is 2. The van der Waals surface area contributed by atoms with Crippen LogP contribution in [0, 0.1) is 0 Å². The summed E-state index contributed by atoms with van der Waals surface area (Å²) in [4.78, 5) is 10.2. The molecule has 3 rings (SSSR count). The average molecular weight is 245 g/mol. The second-order valence-corrected chi connectivity index (χ2v) is 5.27. The van der Waals surface area contributed by atoms with Crippen LogP contribution in [0.15, 0.2) is 36.0 Å². The molecule has 1 aromatic heterocycles. The van der Waals surface area contributed by atoms with Gasteiger partial charge in [0.25, 0.3) is 0 Å². The normalized spacial score (nSPS) is 14.9. The monoisotopic (exact) mass is 245 g/mol. The Hall–Kier alpha value is -1.55. The zero-order chi connectivity index (χ0) is 11.7. The maximum absolute atomic E-state index is 4.14. The molecule has 0 aliphatic carbocycles. The van der Waals surface area contributed by atoms with Gasteiger partial charge in [-0.1, -0.05) is 12.1 Å². The molecule has 0 atom stereocenters. The molecule has 0 bridgehead atoms. The fourth-order valence-corrected chi connectivity index (χ4v) is 2.85. The number of aromatic nitrogens is 1. The first-order valence-corrected chi connectivity index (χ1v) is 6.65. The van der Waals surface area contributed by atoms with Gasteiger partial charge < -0.3 is 9.80 Å². The van der Waals surface area contributed by atoms with Crippen LogP contribution in [0.3, 0.4) is 0 Å². The van der Waals surface area contributed by atoms with Crippen LogP contribution in [-0.2, 0) is 6.54 Å². The van der Waals surface area contributed by atoms with Gasteiger partial charge in [-0.15, -0.1) is 11.3 Å². The Labute approximate surface area is 105 Å². The van der Waals surface area contributed by atoms with Gasteiger partial charge in [-0.25, -0.2) is 0 Å². The van der Waals surface area contributed by atoms with Crippen LogP contribution in [0.2, 0.25) is 0 Å². The summed E-state index contributed by atoms with van der Waals surface area (Å²) in [5.74, 6) is 0. The highest BCUT2D eigenvalue weighted by atomic mass is 32.1. The molecular formula is C13H15N3S. The highest BCUT2D eigenvalue weighted by Crippen LogP contribution is 2.32. The van der Waals surface area contributed by atoms with Crippen LogP contribution in [0.4, 0.5) is 11.4 Å². The quantitative estimate of drug-likeness (QED) is 0.810. The maximum atomic E-state index is 4.14. The number of fused-ring (bicyclic) bond motifs is 1. The number of nitrogens with zero attached hydrogens (tertiary/aromatic N) is 3. The van der Waals surface area contributed by atoms with Crippen molar-refractivity contribution in [2.75, 3.05) is 29.9 Å². The molecule has 1 aromatic carbocycles. The fourth-order valence-electron chi connectivity index (χ4n) is 2.24. The van der Waals surface area contributed by atoms with Crippen molar-refractivity contribution in [2.24, 2.45) is 0 Å². The Morgan fingerprint density at radius 2 is 2.06 bits per heavy atom. The van der Waals surface area contributed by atoms with Crippen LogP contribution >= 0.6 is 11.3 Å². The molecule has 4 heteroatoms. The number of likely N-dealkylation sites (N-methyl/N-ethyl adjacent to an activating group) is 1. The van der Waals surface area contributed by atoms with Crippen molar-refractivity contribution in [3.63, 3.8) is 0 Å². The third-order valence-corrected chi connectivity index (χ3v) is 3.93. The van der Waals surface area contributed by atoms with Gasteiger partial charge >= 0.3 is 0 Å². The summed E-state index contributed by atoms with van der Waals surface area (Å²) < 4.78 is 0. The van der Waals surface area contributed by atoms with Crippen molar-refractivity contribution in [3.05, 3.63) is 40.8 Å². The lowest BCUT2D eigenvalue weighted by Gasteiger charge is -2.36. The van der Waals surface area contributed by atoms with Crippen LogP contribution in [0.1, 0.15) is 4.88 Å². The molecule has 0 saturated heterocycles. The molecule has 1 aliphatic rings. The summed E-state index contributed by atoms with van der Waals surface area (Å²) in [5.41, 5.74) is 4.55. The summed E-state index contributed by atoms with van der Waals surface area (Å²) in [5, 5.41) is 0. The van der Waals surface area contributed by atoms with E-state index in [0.717, 1.165) is 19.6 Å². The van der Waals surface area contributed by atoms with Gasteiger partial charge in [0.15, 0.2) is 0 Å². The second-order valence-electron chi connectivity index (χ2n) is 4.30. The first kappa shape index (κ1) is 10.6. The SMILES string of the molecule is CN1CCN(Cc2cncs2)c2ccccc21. The molecule has 17 heavy (non-hydrogen) atoms. The van der Waals surface area contributed by atoms with Crippen LogP contribution in [-0.4, -0.2) is 25.1 Å². The molecule has 0 saturated carbocycles. The zero-order valence-corrected chi connectivity index (χ0v) is 10.7. The molecule has 3 nitrogen and oxygen atoms in total. The Bertz CT molecular complexity index is 495. The molecular weight excluding hydrogens is 230 g/mol. The molecule has 1 aliphatic heterocycles. The Kier molecular flexibility index (Phi) is 2.73. The molecule has 0 fully saturated rings. The summed E-state index contributed by atoms with van der Waals surface area (Å²) in [7, 11) is 2.16. The molecule has 0 spiro atoms. The molecule has 88 valence electrons. The van der Waals surface area contributed by atoms with E-state index in [0.29, 0.717) is 0 Å². The number of para-hydroxylation sites is 2. The molecule has 0 N–H and O–H groups in total. The van der Waals surface area contributed by atoms with E-state index < -0.39 is 0 Å². The van der Waals surface area contributed by atoms with Gasteiger partial charge in [-0.2, -0.15) is 0 Å². The van der Waals surface area contributed by atoms with E-state index in [-0.39, 0.29) is 0 Å². The number of anilines is 2. The molecule has 2 aromatic rings. The lowest BCUT2D eigenvalue weighted by molar-refractivity contribution is 0.739. The van der Waals surface area contributed by atoms with E-state index in [4.69, 9.17) is 0 Å². The van der Waals surface area contributed by atoms with Crippen LogP contribution in [0.25, 0.3) is 0 Å². The highest BCUT2D eigenvalue weighted by molar-refractivity contribution is 7.09. The van der Waals surface area contributed by atoms with E-state index in [2.05, 4.69) is 46.1 Å². The predicted octanol–water partition coefficient (Wildman–Crippen LogP) is 2.60. The van der Waals surface area contributed by atoms with Crippen molar-refractivity contribution < 1.29 is 0 Å². The zero-order valence-electron chi connectivity index (χ0n) is 9.84. The summed E-state index contributed by atoms with van der Waals surface area (Å²) in [6, 6.07) is 8.60. The first-order valence-electron chi connectivity index (χ1n) is 5.77. The Morgan fingerprint density at radius 3 is 2.82 bits per heavy atom. The summed E-state index contributed by atoms with van der Waals surface area (Å²) in [6.45, 7) is 3.12. The lowest BCUT2D eigenvalue weighted by atomic mass is 10.1. The summed E-state index contributed by atoms with van der Waals surface area (Å²) in [6.07, 6.45) is 1.96. The number of hydrogen-bond donors (Lipinski definition) is 0. The van der Waals surface area contributed by atoms with E-state index in [1.807, 2.05) is 11.7 Å². The van der Waals surface area contributed by atoms with E-state index in [9.17, 15) is 0 Å². The van der Waals surface area contributed by atoms with E-state index in [1.54, 1.807) is 11.3 Å². The number of thiazole rings is 1. The largest absolute Gasteiger partial charge is 0.371 e. The second kappa shape index (κ2) is 4.37. The Balaban J connectivity index is 1.90. The van der Waals surface area contributed by atoms with Gasteiger partial charge in [-0.3, -0.25) is 4.98 Å². The van der Waals surface area contributed by atoms with Gasteiger partial charge in [-0.05, 0) is 12.1 Å². The van der Waals surface area contributed by atoms with Crippen molar-refractivity contribution in [1.29, 1.82) is 0 Å². The first-order chi connectivity index (χ1) is 8.34. The van der Waals surface area contributed by atoms with Gasteiger partial charge in [0.1, 0.15) is 0 Å². The van der Waals surface area contributed by atoms with Gasteiger partial charge in [0, 0.05) is 31.2 Å². The maximum Gasteiger partial charge on any atom is 0.0794 e.